The molecule has 202 valence electrons. The smallest absolute Gasteiger partial charge is 0.305 e. The third kappa shape index (κ3) is 8.30. The highest BCUT2D eigenvalue weighted by Gasteiger charge is 2.12. The Morgan fingerprint density at radius 3 is 2.36 bits per heavy atom. The monoisotopic (exact) mass is 525 g/mol. The van der Waals surface area contributed by atoms with Crippen LogP contribution in [0.4, 0.5) is 11.5 Å². The van der Waals surface area contributed by atoms with E-state index < -0.39 is 0 Å². The number of methoxy groups -OCH3 is 1. The molecule has 1 heterocycles. The summed E-state index contributed by atoms with van der Waals surface area (Å²) in [6.45, 7) is 2.81. The van der Waals surface area contributed by atoms with E-state index in [1.165, 1.54) is 6.33 Å². The fourth-order valence-electron chi connectivity index (χ4n) is 4.15. The Labute approximate surface area is 229 Å². The van der Waals surface area contributed by atoms with Crippen LogP contribution in [0.25, 0.3) is 23.1 Å². The molecule has 0 amide bonds. The lowest BCUT2D eigenvalue weighted by Gasteiger charge is -2.14. The van der Waals surface area contributed by atoms with E-state index >= 15 is 0 Å². The van der Waals surface area contributed by atoms with Crippen molar-refractivity contribution in [1.82, 2.24) is 9.97 Å². The van der Waals surface area contributed by atoms with Gasteiger partial charge < -0.3 is 19.5 Å². The Morgan fingerprint density at radius 2 is 1.62 bits per heavy atom. The molecule has 0 unspecified atom stereocenters. The number of ether oxygens (including phenoxy) is 3. The highest BCUT2D eigenvalue weighted by Crippen LogP contribution is 2.35. The van der Waals surface area contributed by atoms with Crippen molar-refractivity contribution in [1.29, 1.82) is 0 Å². The summed E-state index contributed by atoms with van der Waals surface area (Å²) in [5, 5.41) is 4.26. The number of carbonyl (C=O) groups excluding carboxylic acids is 1. The summed E-state index contributed by atoms with van der Waals surface area (Å²) < 4.78 is 16.6. The van der Waals surface area contributed by atoms with Crippen LogP contribution < -0.4 is 14.8 Å². The SMILES string of the molecule is CCOC(=O)CCCCCCOc1cc2c(Nc3ccc(/C=C/c4ccccc4)cc3)ncnc2cc1OC. The van der Waals surface area contributed by atoms with Gasteiger partial charge in [0.25, 0.3) is 0 Å². The average molecular weight is 526 g/mol. The third-order valence-corrected chi connectivity index (χ3v) is 6.20. The van der Waals surface area contributed by atoms with Gasteiger partial charge in [-0.25, -0.2) is 9.97 Å². The van der Waals surface area contributed by atoms with Crippen LogP contribution in [0.1, 0.15) is 50.2 Å². The van der Waals surface area contributed by atoms with Crippen molar-refractivity contribution in [2.75, 3.05) is 25.6 Å². The molecule has 0 saturated heterocycles. The molecule has 39 heavy (non-hydrogen) atoms. The predicted molar refractivity (Wildman–Crippen MR) is 156 cm³/mol. The second kappa shape index (κ2) is 14.5. The number of fused-ring (bicyclic) bond motifs is 1. The van der Waals surface area contributed by atoms with E-state index in [4.69, 9.17) is 14.2 Å². The van der Waals surface area contributed by atoms with E-state index in [9.17, 15) is 4.79 Å². The molecule has 0 fully saturated rings. The zero-order valence-electron chi connectivity index (χ0n) is 22.6. The summed E-state index contributed by atoms with van der Waals surface area (Å²) in [5.74, 6) is 1.84. The number of aromatic nitrogens is 2. The molecule has 7 heteroatoms. The lowest BCUT2D eigenvalue weighted by atomic mass is 10.1. The number of rotatable bonds is 14. The Kier molecular flexibility index (Phi) is 10.3. The van der Waals surface area contributed by atoms with Gasteiger partial charge in [0.05, 0.1) is 25.8 Å². The normalized spacial score (nSPS) is 11.0. The van der Waals surface area contributed by atoms with Crippen LogP contribution in [-0.2, 0) is 9.53 Å². The first-order chi connectivity index (χ1) is 19.2. The number of nitrogens with one attached hydrogen (secondary N) is 1. The van der Waals surface area contributed by atoms with Crippen molar-refractivity contribution < 1.29 is 19.0 Å². The minimum atomic E-state index is -0.128. The molecular formula is C32H35N3O4. The summed E-state index contributed by atoms with van der Waals surface area (Å²) in [6, 6.07) is 22.2. The van der Waals surface area contributed by atoms with Crippen LogP contribution in [0.2, 0.25) is 0 Å². The molecule has 0 saturated carbocycles. The maximum Gasteiger partial charge on any atom is 0.305 e. The quantitative estimate of drug-likeness (QED) is 0.104. The first-order valence-corrected chi connectivity index (χ1v) is 13.4. The second-order valence-electron chi connectivity index (χ2n) is 9.05. The van der Waals surface area contributed by atoms with Gasteiger partial charge in [-0.05, 0) is 49.1 Å². The number of benzene rings is 3. The zero-order chi connectivity index (χ0) is 27.3. The van der Waals surface area contributed by atoms with Gasteiger partial charge in [0.15, 0.2) is 11.5 Å². The summed E-state index contributed by atoms with van der Waals surface area (Å²) >= 11 is 0. The van der Waals surface area contributed by atoms with E-state index in [2.05, 4.69) is 51.7 Å². The van der Waals surface area contributed by atoms with Crippen molar-refractivity contribution in [3.05, 3.63) is 84.2 Å². The largest absolute Gasteiger partial charge is 0.493 e. The van der Waals surface area contributed by atoms with Gasteiger partial charge >= 0.3 is 5.97 Å². The molecule has 0 atom stereocenters. The molecule has 0 spiro atoms. The molecule has 0 radical (unpaired) electrons. The van der Waals surface area contributed by atoms with E-state index in [1.807, 2.05) is 49.4 Å². The van der Waals surface area contributed by atoms with E-state index in [1.54, 1.807) is 7.11 Å². The maximum atomic E-state index is 11.4. The van der Waals surface area contributed by atoms with E-state index in [0.717, 1.165) is 53.4 Å². The topological polar surface area (TPSA) is 82.6 Å². The fraction of sp³-hybridized carbons (Fsp3) is 0.281. The molecule has 0 bridgehead atoms. The Hall–Kier alpha value is -4.39. The molecular weight excluding hydrogens is 490 g/mol. The lowest BCUT2D eigenvalue weighted by Crippen LogP contribution is -2.04. The predicted octanol–water partition coefficient (Wildman–Crippen LogP) is 7.44. The lowest BCUT2D eigenvalue weighted by molar-refractivity contribution is -0.143. The summed E-state index contributed by atoms with van der Waals surface area (Å²) in [5.41, 5.74) is 3.96. The first kappa shape index (κ1) is 27.6. The number of carbonyl (C=O) groups is 1. The van der Waals surface area contributed by atoms with Crippen LogP contribution in [-0.4, -0.2) is 36.3 Å². The van der Waals surface area contributed by atoms with Crippen LogP contribution >= 0.6 is 0 Å². The molecule has 1 aromatic heterocycles. The van der Waals surface area contributed by atoms with Crippen LogP contribution in [0.15, 0.2) is 73.1 Å². The minimum absolute atomic E-state index is 0.128. The molecule has 3 aromatic carbocycles. The fourth-order valence-corrected chi connectivity index (χ4v) is 4.15. The number of esters is 1. The number of anilines is 2. The van der Waals surface area contributed by atoms with Crippen molar-refractivity contribution >= 4 is 40.5 Å². The Morgan fingerprint density at radius 1 is 0.872 bits per heavy atom. The van der Waals surface area contributed by atoms with Crippen LogP contribution in [0, 0.1) is 0 Å². The molecule has 4 rings (SSSR count). The maximum absolute atomic E-state index is 11.4. The number of hydrogen-bond donors (Lipinski definition) is 1. The molecule has 4 aromatic rings. The van der Waals surface area contributed by atoms with Crippen LogP contribution in [0.3, 0.4) is 0 Å². The van der Waals surface area contributed by atoms with Gasteiger partial charge in [0.1, 0.15) is 12.1 Å². The molecule has 0 aliphatic rings. The summed E-state index contributed by atoms with van der Waals surface area (Å²) in [7, 11) is 1.62. The summed E-state index contributed by atoms with van der Waals surface area (Å²) in [4.78, 5) is 20.4. The number of unbranched alkanes of at least 4 members (excludes halogenated alkanes) is 3. The highest BCUT2D eigenvalue weighted by molar-refractivity contribution is 5.93. The van der Waals surface area contributed by atoms with Gasteiger partial charge in [-0.15, -0.1) is 0 Å². The third-order valence-electron chi connectivity index (χ3n) is 6.20. The van der Waals surface area contributed by atoms with Crippen molar-refractivity contribution in [2.45, 2.75) is 39.0 Å². The zero-order valence-corrected chi connectivity index (χ0v) is 22.6. The van der Waals surface area contributed by atoms with E-state index in [0.29, 0.717) is 37.0 Å². The van der Waals surface area contributed by atoms with Gasteiger partial charge in [0, 0.05) is 23.6 Å². The van der Waals surface area contributed by atoms with Gasteiger partial charge in [-0.2, -0.15) is 0 Å². The number of hydrogen-bond acceptors (Lipinski definition) is 7. The van der Waals surface area contributed by atoms with Crippen molar-refractivity contribution in [3.63, 3.8) is 0 Å². The average Bonchev–Trinajstić information content (AvgIpc) is 2.97. The molecule has 7 nitrogen and oxygen atoms in total. The molecule has 0 aliphatic carbocycles. The number of nitrogens with zero attached hydrogens (tertiary/aromatic N) is 2. The van der Waals surface area contributed by atoms with Gasteiger partial charge in [-0.1, -0.05) is 67.5 Å². The van der Waals surface area contributed by atoms with E-state index in [-0.39, 0.29) is 5.97 Å². The minimum Gasteiger partial charge on any atom is -0.493 e. The van der Waals surface area contributed by atoms with Crippen LogP contribution in [0.5, 0.6) is 11.5 Å². The molecule has 1 N–H and O–H groups in total. The molecule has 0 aliphatic heterocycles. The highest BCUT2D eigenvalue weighted by atomic mass is 16.5. The first-order valence-electron chi connectivity index (χ1n) is 13.4. The van der Waals surface area contributed by atoms with Gasteiger partial charge in [-0.3, -0.25) is 4.79 Å². The standard InChI is InChI=1S/C32H35N3O4/c1-3-38-31(36)13-9-4-5-10-20-39-30-21-27-28(22-29(30)37-2)33-23-34-32(27)35-26-18-16-25(17-19-26)15-14-24-11-7-6-8-12-24/h6-8,11-12,14-19,21-23H,3-5,9-10,13,20H2,1-2H3,(H,33,34,35)/b15-14+. The summed E-state index contributed by atoms with van der Waals surface area (Å²) in [6.07, 6.45) is 9.84. The van der Waals surface area contributed by atoms with Crippen molar-refractivity contribution in [2.24, 2.45) is 0 Å². The Bertz CT molecular complexity index is 1370. The Balaban J connectivity index is 1.38. The second-order valence-corrected chi connectivity index (χ2v) is 9.05. The van der Waals surface area contributed by atoms with Gasteiger partial charge in [0.2, 0.25) is 0 Å². The van der Waals surface area contributed by atoms with Crippen molar-refractivity contribution in [3.8, 4) is 11.5 Å².